The zero-order valence-corrected chi connectivity index (χ0v) is 9.40. The van der Waals surface area contributed by atoms with Gasteiger partial charge in [0.15, 0.2) is 0 Å². The van der Waals surface area contributed by atoms with Crippen LogP contribution in [0.15, 0.2) is 23.3 Å². The lowest BCUT2D eigenvalue weighted by atomic mass is 10.1. The first-order valence-corrected chi connectivity index (χ1v) is 5.01. The number of carbonyl (C=O) groups is 1. The molecular weight excluding hydrogens is 204 g/mol. The van der Waals surface area contributed by atoms with Gasteiger partial charge in [0.25, 0.3) is 5.91 Å². The lowest BCUT2D eigenvalue weighted by Crippen LogP contribution is -2.26. The van der Waals surface area contributed by atoms with Gasteiger partial charge in [-0.3, -0.25) is 4.79 Å². The Kier molecular flexibility index (Phi) is 4.36. The van der Waals surface area contributed by atoms with Crippen LogP contribution in [0.4, 0.5) is 0 Å². The number of hydrogen-bond acceptors (Lipinski definition) is 2. The topological polar surface area (TPSA) is 77.9 Å². The molecule has 0 radical (unpaired) electrons. The molecule has 0 aliphatic heterocycles. The van der Waals surface area contributed by atoms with Crippen LogP contribution in [0.1, 0.15) is 21.5 Å². The fourth-order valence-electron chi connectivity index (χ4n) is 1.34. The number of nitrogens with zero attached hydrogens (tertiary/aromatic N) is 3. The molecule has 5 nitrogen and oxygen atoms in total. The molecule has 1 N–H and O–H groups in total. The standard InChI is InChI=1S/C11H14N4O/c1-8-3-4-9(2)10(7-8)11(16)13-5-6-14-15-12/h3-4,7H,5-6H2,1-2H3,(H,13,16). The molecule has 0 heterocycles. The van der Waals surface area contributed by atoms with Crippen molar-refractivity contribution >= 4 is 5.91 Å². The zero-order valence-electron chi connectivity index (χ0n) is 9.40. The van der Waals surface area contributed by atoms with Crippen molar-refractivity contribution in [3.63, 3.8) is 0 Å². The molecule has 0 saturated carbocycles. The molecule has 0 fully saturated rings. The highest BCUT2D eigenvalue weighted by molar-refractivity contribution is 5.95. The van der Waals surface area contributed by atoms with Crippen LogP contribution in [0.3, 0.4) is 0 Å². The summed E-state index contributed by atoms with van der Waals surface area (Å²) in [6.45, 7) is 4.46. The molecule has 0 aliphatic rings. The minimum absolute atomic E-state index is 0.130. The van der Waals surface area contributed by atoms with Crippen LogP contribution in [-0.4, -0.2) is 19.0 Å². The van der Waals surface area contributed by atoms with Gasteiger partial charge < -0.3 is 5.32 Å². The molecule has 1 aromatic rings. The Labute approximate surface area is 94.1 Å². The predicted molar refractivity (Wildman–Crippen MR) is 62.3 cm³/mol. The summed E-state index contributed by atoms with van der Waals surface area (Å²) in [6.07, 6.45) is 0. The van der Waals surface area contributed by atoms with Crippen LogP contribution in [0.2, 0.25) is 0 Å². The van der Waals surface area contributed by atoms with Crippen LogP contribution in [0.5, 0.6) is 0 Å². The first-order chi connectivity index (χ1) is 7.65. The summed E-state index contributed by atoms with van der Waals surface area (Å²) >= 11 is 0. The molecule has 1 amide bonds. The van der Waals surface area contributed by atoms with Crippen LogP contribution >= 0.6 is 0 Å². The quantitative estimate of drug-likeness (QED) is 0.358. The van der Waals surface area contributed by atoms with E-state index in [0.29, 0.717) is 12.1 Å². The first kappa shape index (κ1) is 12.1. The van der Waals surface area contributed by atoms with Gasteiger partial charge in [0.1, 0.15) is 0 Å². The number of azide groups is 1. The van der Waals surface area contributed by atoms with Crippen molar-refractivity contribution in [3.8, 4) is 0 Å². The van der Waals surface area contributed by atoms with E-state index >= 15 is 0 Å². The maximum absolute atomic E-state index is 11.7. The van der Waals surface area contributed by atoms with Crippen molar-refractivity contribution in [2.24, 2.45) is 5.11 Å². The van der Waals surface area contributed by atoms with Crippen molar-refractivity contribution in [1.82, 2.24) is 5.32 Å². The van der Waals surface area contributed by atoms with E-state index in [-0.39, 0.29) is 12.5 Å². The molecule has 1 aromatic carbocycles. The SMILES string of the molecule is Cc1ccc(C)c(C(=O)NCCN=[N+]=[N-])c1. The second kappa shape index (κ2) is 5.78. The maximum atomic E-state index is 11.7. The van der Waals surface area contributed by atoms with E-state index < -0.39 is 0 Å². The van der Waals surface area contributed by atoms with E-state index in [2.05, 4.69) is 15.3 Å². The average molecular weight is 218 g/mol. The second-order valence-electron chi connectivity index (χ2n) is 3.53. The molecule has 1 rings (SSSR count). The number of rotatable bonds is 4. The molecular formula is C11H14N4O. The molecule has 0 bridgehead atoms. The zero-order chi connectivity index (χ0) is 12.0. The smallest absolute Gasteiger partial charge is 0.251 e. The summed E-state index contributed by atoms with van der Waals surface area (Å²) < 4.78 is 0. The summed E-state index contributed by atoms with van der Waals surface area (Å²) in [6, 6.07) is 5.72. The molecule has 0 aliphatic carbocycles. The van der Waals surface area contributed by atoms with Crippen LogP contribution < -0.4 is 5.32 Å². The Morgan fingerprint density at radius 1 is 1.50 bits per heavy atom. The monoisotopic (exact) mass is 218 g/mol. The fraction of sp³-hybridized carbons (Fsp3) is 0.364. The van der Waals surface area contributed by atoms with Gasteiger partial charge in [-0.2, -0.15) is 0 Å². The van der Waals surface area contributed by atoms with Gasteiger partial charge in [0.05, 0.1) is 0 Å². The van der Waals surface area contributed by atoms with Crippen molar-refractivity contribution in [2.45, 2.75) is 13.8 Å². The van der Waals surface area contributed by atoms with Gasteiger partial charge in [-0.25, -0.2) is 0 Å². The highest BCUT2D eigenvalue weighted by Crippen LogP contribution is 2.10. The van der Waals surface area contributed by atoms with E-state index in [9.17, 15) is 4.79 Å². The lowest BCUT2D eigenvalue weighted by molar-refractivity contribution is 0.0954. The van der Waals surface area contributed by atoms with Gasteiger partial charge in [0, 0.05) is 23.6 Å². The third-order valence-corrected chi connectivity index (χ3v) is 2.20. The average Bonchev–Trinajstić information content (AvgIpc) is 2.27. The maximum Gasteiger partial charge on any atom is 0.251 e. The van der Waals surface area contributed by atoms with Crippen molar-refractivity contribution in [1.29, 1.82) is 0 Å². The van der Waals surface area contributed by atoms with Crippen LogP contribution in [0, 0.1) is 13.8 Å². The van der Waals surface area contributed by atoms with Crippen LogP contribution in [-0.2, 0) is 0 Å². The Hall–Kier alpha value is -2.00. The molecule has 5 heteroatoms. The third-order valence-electron chi connectivity index (χ3n) is 2.20. The minimum Gasteiger partial charge on any atom is -0.352 e. The Morgan fingerprint density at radius 3 is 2.94 bits per heavy atom. The summed E-state index contributed by atoms with van der Waals surface area (Å²) in [5.41, 5.74) is 10.7. The highest BCUT2D eigenvalue weighted by atomic mass is 16.1. The van der Waals surface area contributed by atoms with Gasteiger partial charge in [-0.15, -0.1) is 0 Å². The van der Waals surface area contributed by atoms with Crippen molar-refractivity contribution < 1.29 is 4.79 Å². The van der Waals surface area contributed by atoms with Gasteiger partial charge in [-0.05, 0) is 31.0 Å². The number of aryl methyl sites for hydroxylation is 2. The van der Waals surface area contributed by atoms with Crippen molar-refractivity contribution in [3.05, 3.63) is 45.3 Å². The normalized spacial score (nSPS) is 9.38. The van der Waals surface area contributed by atoms with Crippen LogP contribution in [0.25, 0.3) is 10.4 Å². The van der Waals surface area contributed by atoms with E-state index in [0.717, 1.165) is 11.1 Å². The first-order valence-electron chi connectivity index (χ1n) is 5.01. The molecule has 0 unspecified atom stereocenters. The van der Waals surface area contributed by atoms with E-state index in [1.54, 1.807) is 0 Å². The number of nitrogens with one attached hydrogen (secondary N) is 1. The Balaban J connectivity index is 2.65. The van der Waals surface area contributed by atoms with Gasteiger partial charge >= 0.3 is 0 Å². The number of hydrogen-bond donors (Lipinski definition) is 1. The molecule has 0 spiro atoms. The fourth-order valence-corrected chi connectivity index (χ4v) is 1.34. The molecule has 0 saturated heterocycles. The summed E-state index contributed by atoms with van der Waals surface area (Å²) in [5.74, 6) is -0.130. The van der Waals surface area contributed by atoms with E-state index in [1.165, 1.54) is 0 Å². The number of carbonyl (C=O) groups excluding carboxylic acids is 1. The lowest BCUT2D eigenvalue weighted by Gasteiger charge is -2.07. The van der Waals surface area contributed by atoms with Gasteiger partial charge in [0.2, 0.25) is 0 Å². The second-order valence-corrected chi connectivity index (χ2v) is 3.53. The molecule has 16 heavy (non-hydrogen) atoms. The summed E-state index contributed by atoms with van der Waals surface area (Å²) in [5, 5.41) is 6.04. The van der Waals surface area contributed by atoms with E-state index in [4.69, 9.17) is 5.53 Å². The largest absolute Gasteiger partial charge is 0.352 e. The summed E-state index contributed by atoms with van der Waals surface area (Å²) in [7, 11) is 0. The third kappa shape index (κ3) is 3.29. The highest BCUT2D eigenvalue weighted by Gasteiger charge is 2.07. The van der Waals surface area contributed by atoms with Gasteiger partial charge in [-0.1, -0.05) is 22.8 Å². The molecule has 84 valence electrons. The summed E-state index contributed by atoms with van der Waals surface area (Å²) in [4.78, 5) is 14.3. The molecule has 0 atom stereocenters. The van der Waals surface area contributed by atoms with Crippen molar-refractivity contribution in [2.75, 3.05) is 13.1 Å². The van der Waals surface area contributed by atoms with E-state index in [1.807, 2.05) is 32.0 Å². The Morgan fingerprint density at radius 2 is 2.25 bits per heavy atom. The predicted octanol–water partition coefficient (Wildman–Crippen LogP) is 2.34. The number of amides is 1. The minimum atomic E-state index is -0.130. The molecule has 0 aromatic heterocycles. The Bertz CT molecular complexity index is 436. The number of benzene rings is 1.